The summed E-state index contributed by atoms with van der Waals surface area (Å²) in [6.07, 6.45) is 0.800. The third kappa shape index (κ3) is 2.39. The van der Waals surface area contributed by atoms with E-state index in [9.17, 15) is 9.18 Å². The van der Waals surface area contributed by atoms with Crippen molar-refractivity contribution in [3.8, 4) is 11.5 Å². The first-order chi connectivity index (χ1) is 10.5. The number of rotatable bonds is 3. The van der Waals surface area contributed by atoms with Crippen LogP contribution in [0.5, 0.6) is 0 Å². The van der Waals surface area contributed by atoms with Gasteiger partial charge in [0, 0.05) is 6.54 Å². The molecule has 2 heterocycles. The van der Waals surface area contributed by atoms with E-state index in [1.165, 1.54) is 18.2 Å². The van der Waals surface area contributed by atoms with Crippen LogP contribution in [0.25, 0.3) is 22.7 Å². The topological polar surface area (TPSA) is 60.9 Å². The minimum atomic E-state index is -0.464. The van der Waals surface area contributed by atoms with Crippen LogP contribution >= 0.6 is 11.6 Å². The van der Waals surface area contributed by atoms with Gasteiger partial charge in [0.25, 0.3) is 11.3 Å². The van der Waals surface area contributed by atoms with Crippen LogP contribution in [0.4, 0.5) is 4.39 Å². The average Bonchev–Trinajstić information content (AvgIpc) is 2.90. The molecule has 0 unspecified atom stereocenters. The second-order valence-electron chi connectivity index (χ2n) is 4.91. The third-order valence-electron chi connectivity index (χ3n) is 3.32. The predicted molar refractivity (Wildman–Crippen MR) is 81.5 cm³/mol. The van der Waals surface area contributed by atoms with Crippen LogP contribution in [0.2, 0.25) is 5.02 Å². The molecule has 0 aliphatic rings. The van der Waals surface area contributed by atoms with Crippen LogP contribution in [-0.2, 0) is 6.54 Å². The summed E-state index contributed by atoms with van der Waals surface area (Å²) in [6.45, 7) is 4.25. The molecule has 0 aliphatic heterocycles. The number of hydrogen-bond donors (Lipinski definition) is 0. The normalized spacial score (nSPS) is 11.3. The molecule has 0 saturated heterocycles. The lowest BCUT2D eigenvalue weighted by Gasteiger charge is -2.05. The molecule has 0 saturated carbocycles. The van der Waals surface area contributed by atoms with E-state index < -0.39 is 5.82 Å². The largest absolute Gasteiger partial charge is 0.417 e. The smallest absolute Gasteiger partial charge is 0.283 e. The third-order valence-corrected chi connectivity index (χ3v) is 3.65. The van der Waals surface area contributed by atoms with Gasteiger partial charge in [-0.15, -0.1) is 0 Å². The number of benzene rings is 1. The van der Waals surface area contributed by atoms with Gasteiger partial charge >= 0.3 is 0 Å². The lowest BCUT2D eigenvalue weighted by molar-refractivity contribution is 0.586. The Labute approximate surface area is 130 Å². The molecule has 0 atom stereocenters. The Bertz CT molecular complexity index is 917. The maximum atomic E-state index is 13.4. The van der Waals surface area contributed by atoms with Gasteiger partial charge in [-0.3, -0.25) is 9.36 Å². The van der Waals surface area contributed by atoms with Gasteiger partial charge in [-0.1, -0.05) is 18.5 Å². The van der Waals surface area contributed by atoms with Crippen LogP contribution in [0.3, 0.4) is 0 Å². The molecule has 7 heteroatoms. The maximum absolute atomic E-state index is 13.4. The van der Waals surface area contributed by atoms with Gasteiger partial charge in [0.1, 0.15) is 11.6 Å². The highest BCUT2D eigenvalue weighted by Crippen LogP contribution is 2.29. The summed E-state index contributed by atoms with van der Waals surface area (Å²) >= 11 is 6.04. The number of oxazole rings is 1. The fourth-order valence-electron chi connectivity index (χ4n) is 2.27. The van der Waals surface area contributed by atoms with Crippen LogP contribution in [0.15, 0.2) is 27.4 Å². The van der Waals surface area contributed by atoms with Crippen molar-refractivity contribution in [1.82, 2.24) is 14.5 Å². The molecule has 3 rings (SSSR count). The molecule has 0 radical (unpaired) electrons. The van der Waals surface area contributed by atoms with Gasteiger partial charge in [0.15, 0.2) is 5.52 Å². The monoisotopic (exact) mass is 321 g/mol. The molecule has 3 aromatic rings. The van der Waals surface area contributed by atoms with Crippen molar-refractivity contribution in [3.63, 3.8) is 0 Å². The van der Waals surface area contributed by atoms with Crippen LogP contribution in [0, 0.1) is 12.7 Å². The first kappa shape index (κ1) is 14.7. The Hall–Kier alpha value is -2.21. The summed E-state index contributed by atoms with van der Waals surface area (Å²) < 4.78 is 20.4. The van der Waals surface area contributed by atoms with Crippen molar-refractivity contribution in [1.29, 1.82) is 0 Å². The number of nitrogens with zero attached hydrogens (tertiary/aromatic N) is 3. The van der Waals surface area contributed by atoms with E-state index >= 15 is 0 Å². The molecule has 0 aliphatic carbocycles. The zero-order chi connectivity index (χ0) is 15.9. The second kappa shape index (κ2) is 5.53. The Kier molecular flexibility index (Phi) is 3.70. The van der Waals surface area contributed by atoms with Crippen molar-refractivity contribution in [2.24, 2.45) is 0 Å². The molecule has 5 nitrogen and oxygen atoms in total. The van der Waals surface area contributed by atoms with Crippen molar-refractivity contribution < 1.29 is 8.81 Å². The average molecular weight is 322 g/mol. The highest BCUT2D eigenvalue weighted by molar-refractivity contribution is 6.33. The van der Waals surface area contributed by atoms with E-state index in [-0.39, 0.29) is 22.7 Å². The molecule has 0 amide bonds. The van der Waals surface area contributed by atoms with Gasteiger partial charge in [-0.05, 0) is 31.5 Å². The minimum absolute atomic E-state index is 0.0812. The van der Waals surface area contributed by atoms with Gasteiger partial charge in [-0.25, -0.2) is 9.37 Å². The highest BCUT2D eigenvalue weighted by atomic mass is 35.5. The van der Waals surface area contributed by atoms with Crippen LogP contribution in [-0.4, -0.2) is 14.5 Å². The summed E-state index contributed by atoms with van der Waals surface area (Å²) in [5.74, 6) is 0.166. The molecule has 0 fully saturated rings. The standard InChI is InChI=1S/C15H13ClFN3O2/c1-3-6-20-8(2)18-14-12(15(20)21)19-13(22-14)10-7-9(17)4-5-11(10)16/h4-5,7H,3,6H2,1-2H3. The SMILES string of the molecule is CCCn1c(C)nc2oc(-c3cc(F)ccc3Cl)nc2c1=O. The quantitative estimate of drug-likeness (QED) is 0.740. The highest BCUT2D eigenvalue weighted by Gasteiger charge is 2.17. The summed E-state index contributed by atoms with van der Waals surface area (Å²) in [7, 11) is 0. The van der Waals surface area contributed by atoms with Crippen molar-refractivity contribution in [2.75, 3.05) is 0 Å². The van der Waals surface area contributed by atoms with Crippen molar-refractivity contribution in [2.45, 2.75) is 26.8 Å². The molecule has 114 valence electrons. The Morgan fingerprint density at radius 3 is 2.86 bits per heavy atom. The first-order valence-electron chi connectivity index (χ1n) is 6.84. The predicted octanol–water partition coefficient (Wildman–Crippen LogP) is 3.56. The fraction of sp³-hybridized carbons (Fsp3) is 0.267. The van der Waals surface area contributed by atoms with E-state index in [1.807, 2.05) is 6.92 Å². The van der Waals surface area contributed by atoms with Crippen molar-refractivity contribution in [3.05, 3.63) is 45.2 Å². The maximum Gasteiger partial charge on any atom is 0.283 e. The van der Waals surface area contributed by atoms with E-state index in [4.69, 9.17) is 16.0 Å². The Balaban J connectivity index is 2.24. The summed E-state index contributed by atoms with van der Waals surface area (Å²) in [5, 5.41) is 0.290. The number of aryl methyl sites for hydroxylation is 1. The molecular weight excluding hydrogens is 309 g/mol. The molecular formula is C15H13ClFN3O2. The van der Waals surface area contributed by atoms with E-state index in [2.05, 4.69) is 9.97 Å². The van der Waals surface area contributed by atoms with E-state index in [0.717, 1.165) is 6.42 Å². The van der Waals surface area contributed by atoms with Crippen molar-refractivity contribution >= 4 is 22.8 Å². The fourth-order valence-corrected chi connectivity index (χ4v) is 2.47. The number of hydrogen-bond acceptors (Lipinski definition) is 4. The molecule has 0 bridgehead atoms. The molecule has 2 aromatic heterocycles. The zero-order valence-electron chi connectivity index (χ0n) is 12.1. The first-order valence-corrected chi connectivity index (χ1v) is 7.22. The molecule has 22 heavy (non-hydrogen) atoms. The van der Waals surface area contributed by atoms with Crippen LogP contribution in [0.1, 0.15) is 19.2 Å². The lowest BCUT2D eigenvalue weighted by Crippen LogP contribution is -2.23. The molecule has 0 spiro atoms. The van der Waals surface area contributed by atoms with Gasteiger partial charge in [0.2, 0.25) is 5.89 Å². The summed E-state index contributed by atoms with van der Waals surface area (Å²) in [6, 6.07) is 3.87. The van der Waals surface area contributed by atoms with Gasteiger partial charge < -0.3 is 4.42 Å². The number of fused-ring (bicyclic) bond motifs is 1. The summed E-state index contributed by atoms with van der Waals surface area (Å²) in [5.41, 5.74) is 0.269. The van der Waals surface area contributed by atoms with Crippen LogP contribution < -0.4 is 5.56 Å². The zero-order valence-corrected chi connectivity index (χ0v) is 12.8. The number of aromatic nitrogens is 3. The Morgan fingerprint density at radius 2 is 2.14 bits per heavy atom. The Morgan fingerprint density at radius 1 is 1.36 bits per heavy atom. The number of halogens is 2. The van der Waals surface area contributed by atoms with E-state index in [0.29, 0.717) is 23.0 Å². The summed E-state index contributed by atoms with van der Waals surface area (Å²) in [4.78, 5) is 20.8. The molecule has 1 aromatic carbocycles. The van der Waals surface area contributed by atoms with Gasteiger partial charge in [0.05, 0.1) is 10.6 Å². The lowest BCUT2D eigenvalue weighted by atomic mass is 10.2. The molecule has 0 N–H and O–H groups in total. The van der Waals surface area contributed by atoms with Gasteiger partial charge in [-0.2, -0.15) is 4.98 Å². The second-order valence-corrected chi connectivity index (χ2v) is 5.32. The van der Waals surface area contributed by atoms with E-state index in [1.54, 1.807) is 11.5 Å². The minimum Gasteiger partial charge on any atom is -0.417 e.